The molecule has 0 radical (unpaired) electrons. The summed E-state index contributed by atoms with van der Waals surface area (Å²) in [5, 5.41) is 14.1. The molecule has 46 heavy (non-hydrogen) atoms. The summed E-state index contributed by atoms with van der Waals surface area (Å²) in [6.45, 7) is -0.184. The summed E-state index contributed by atoms with van der Waals surface area (Å²) in [5.74, 6) is 1.08. The minimum atomic E-state index is -1.27. The Morgan fingerprint density at radius 2 is 1.50 bits per heavy atom. The number of carbonyl (C=O) groups excluding carboxylic acids is 1. The number of nitrogens with one attached hydrogen (secondary N) is 2. The van der Waals surface area contributed by atoms with Crippen molar-refractivity contribution in [3.8, 4) is 11.5 Å². The average Bonchev–Trinajstić information content (AvgIpc) is 3.40. The van der Waals surface area contributed by atoms with Gasteiger partial charge in [-0.25, -0.2) is 4.79 Å². The number of aromatic amines is 1. The van der Waals surface area contributed by atoms with Crippen LogP contribution < -0.4 is 26.0 Å². The maximum Gasteiger partial charge on any atom is 0.330 e. The third-order valence-corrected chi connectivity index (χ3v) is 7.99. The number of nitrogens with zero attached hydrogens (tertiary/aromatic N) is 1. The Bertz CT molecular complexity index is 1660. The second-order valence-electron chi connectivity index (χ2n) is 10.6. The van der Waals surface area contributed by atoms with Gasteiger partial charge in [0.05, 0.1) is 27.4 Å². The van der Waals surface area contributed by atoms with Crippen LogP contribution in [0.15, 0.2) is 101 Å². The molecule has 1 fully saturated rings. The predicted octanol–water partition coefficient (Wildman–Crippen LogP) is 2.34. The van der Waals surface area contributed by atoms with Crippen LogP contribution in [0.2, 0.25) is 0 Å². The summed E-state index contributed by atoms with van der Waals surface area (Å²) in [7, 11) is 4.70. The molecule has 0 saturated carbocycles. The van der Waals surface area contributed by atoms with Crippen LogP contribution in [-0.2, 0) is 24.6 Å². The Kier molecular flexibility index (Phi) is 10.3. The third kappa shape index (κ3) is 6.75. The van der Waals surface area contributed by atoms with Crippen molar-refractivity contribution in [2.75, 3.05) is 34.5 Å². The van der Waals surface area contributed by atoms with E-state index in [1.165, 1.54) is 19.3 Å². The molecule has 0 bridgehead atoms. The van der Waals surface area contributed by atoms with Gasteiger partial charge in [0.2, 0.25) is 5.91 Å². The van der Waals surface area contributed by atoms with E-state index in [0.717, 1.165) is 21.3 Å². The molecule has 3 N–H and O–H groups in total. The molecule has 0 unspecified atom stereocenters. The van der Waals surface area contributed by atoms with E-state index in [-0.39, 0.29) is 25.5 Å². The molecule has 3 aromatic carbocycles. The molecule has 1 aliphatic rings. The largest absolute Gasteiger partial charge is 0.497 e. The Morgan fingerprint density at radius 3 is 2.04 bits per heavy atom. The quantitative estimate of drug-likeness (QED) is 0.189. The van der Waals surface area contributed by atoms with Gasteiger partial charge < -0.3 is 34.1 Å². The van der Waals surface area contributed by atoms with Gasteiger partial charge in [-0.1, -0.05) is 54.6 Å². The third-order valence-electron chi connectivity index (χ3n) is 7.99. The van der Waals surface area contributed by atoms with Gasteiger partial charge in [-0.15, -0.1) is 0 Å². The zero-order chi connectivity index (χ0) is 32.7. The van der Waals surface area contributed by atoms with Gasteiger partial charge in [-0.3, -0.25) is 19.1 Å². The van der Waals surface area contributed by atoms with E-state index in [2.05, 4.69) is 10.3 Å². The molecule has 1 aromatic heterocycles. The zero-order valence-corrected chi connectivity index (χ0v) is 25.8. The van der Waals surface area contributed by atoms with Crippen LogP contribution in [0.1, 0.15) is 29.3 Å². The first-order chi connectivity index (χ1) is 22.3. The van der Waals surface area contributed by atoms with Gasteiger partial charge in [-0.2, -0.15) is 0 Å². The molecule has 1 saturated heterocycles. The van der Waals surface area contributed by atoms with Gasteiger partial charge in [0.15, 0.2) is 6.23 Å². The number of methoxy groups -OCH3 is 2. The number of amides is 1. The van der Waals surface area contributed by atoms with E-state index in [4.69, 9.17) is 23.7 Å². The van der Waals surface area contributed by atoms with E-state index in [9.17, 15) is 19.5 Å². The maximum absolute atomic E-state index is 12.8. The van der Waals surface area contributed by atoms with Crippen LogP contribution in [0.3, 0.4) is 0 Å². The number of ether oxygens (including phenoxy) is 5. The fraction of sp³-hybridized carbons (Fsp3) is 0.324. The fourth-order valence-electron chi connectivity index (χ4n) is 5.58. The lowest BCUT2D eigenvalue weighted by atomic mass is 9.80. The summed E-state index contributed by atoms with van der Waals surface area (Å²) in [4.78, 5) is 38.6. The summed E-state index contributed by atoms with van der Waals surface area (Å²) in [6, 6.07) is 25.8. The number of hydrogen-bond donors (Lipinski definition) is 3. The smallest absolute Gasteiger partial charge is 0.330 e. The van der Waals surface area contributed by atoms with Crippen LogP contribution >= 0.6 is 0 Å². The molecular weight excluding hydrogens is 594 g/mol. The molecule has 1 amide bonds. The highest BCUT2D eigenvalue weighted by molar-refractivity contribution is 5.75. The van der Waals surface area contributed by atoms with Crippen LogP contribution in [0.5, 0.6) is 11.5 Å². The van der Waals surface area contributed by atoms with Gasteiger partial charge in [0.1, 0.15) is 35.4 Å². The van der Waals surface area contributed by atoms with E-state index in [1.807, 2.05) is 78.9 Å². The topological polar surface area (TPSA) is 150 Å². The number of aromatic nitrogens is 2. The van der Waals surface area contributed by atoms with E-state index in [1.54, 1.807) is 14.2 Å². The molecular formula is C34H37N3O9. The van der Waals surface area contributed by atoms with Gasteiger partial charge >= 0.3 is 5.69 Å². The van der Waals surface area contributed by atoms with Crippen molar-refractivity contribution in [2.24, 2.45) is 0 Å². The van der Waals surface area contributed by atoms with Crippen molar-refractivity contribution in [1.82, 2.24) is 14.9 Å². The first-order valence-corrected chi connectivity index (χ1v) is 14.8. The van der Waals surface area contributed by atoms with E-state index >= 15 is 0 Å². The first kappa shape index (κ1) is 32.6. The highest BCUT2D eigenvalue weighted by Gasteiger charge is 2.48. The minimum Gasteiger partial charge on any atom is -0.497 e. The second-order valence-corrected chi connectivity index (χ2v) is 10.6. The van der Waals surface area contributed by atoms with E-state index < -0.39 is 41.4 Å². The minimum absolute atomic E-state index is 0.0280. The zero-order valence-electron chi connectivity index (χ0n) is 25.8. The number of carbonyl (C=O) groups is 1. The van der Waals surface area contributed by atoms with Crippen LogP contribution in [0.25, 0.3) is 0 Å². The first-order valence-electron chi connectivity index (χ1n) is 14.8. The average molecular weight is 632 g/mol. The van der Waals surface area contributed by atoms with Gasteiger partial charge in [0.25, 0.3) is 5.56 Å². The van der Waals surface area contributed by atoms with Crippen molar-refractivity contribution in [2.45, 2.75) is 36.6 Å². The summed E-state index contributed by atoms with van der Waals surface area (Å²) < 4.78 is 31.1. The monoisotopic (exact) mass is 631 g/mol. The molecule has 4 atom stereocenters. The summed E-state index contributed by atoms with van der Waals surface area (Å²) >= 11 is 0. The number of aliphatic hydroxyl groups excluding tert-OH is 1. The Morgan fingerprint density at radius 1 is 0.913 bits per heavy atom. The van der Waals surface area contributed by atoms with E-state index in [0.29, 0.717) is 11.5 Å². The SMILES string of the molecule is CNC(=O)CCO[C@@H]1[C@H](O)[C@@H](COC(c2ccccc2)(c2ccc(OC)cc2)c2ccc(OC)cc2)O[C@H]1n1ccc(=O)[nH]c1=O. The number of hydrogen-bond acceptors (Lipinski definition) is 9. The summed E-state index contributed by atoms with van der Waals surface area (Å²) in [5.41, 5.74) is -0.132. The number of aliphatic hydroxyl groups is 1. The van der Waals surface area contributed by atoms with Crippen LogP contribution in [-0.4, -0.2) is 73.4 Å². The Labute approximate surface area is 265 Å². The number of benzene rings is 3. The molecule has 0 aliphatic carbocycles. The molecule has 0 spiro atoms. The highest BCUT2D eigenvalue weighted by atomic mass is 16.6. The second kappa shape index (κ2) is 14.6. The van der Waals surface area contributed by atoms with Crippen LogP contribution in [0, 0.1) is 0 Å². The van der Waals surface area contributed by atoms with Crippen LogP contribution in [0.4, 0.5) is 0 Å². The number of H-pyrrole nitrogens is 1. The van der Waals surface area contributed by atoms with Gasteiger partial charge in [-0.05, 0) is 41.0 Å². The van der Waals surface area contributed by atoms with Gasteiger partial charge in [0, 0.05) is 25.7 Å². The van der Waals surface area contributed by atoms with Crippen molar-refractivity contribution < 1.29 is 33.6 Å². The van der Waals surface area contributed by atoms with Crippen molar-refractivity contribution in [1.29, 1.82) is 0 Å². The Hall–Kier alpha value is -4.75. The standard InChI is InChI=1S/C34H37N3O9/c1-35-28(38)18-20-44-31-30(40)27(46-32(31)37-19-17-29(39)36-33(37)41)21-45-34(22-7-5-4-6-8-22,23-9-13-25(42-2)14-10-23)24-11-15-26(43-3)16-12-24/h4-17,19,27,30-32,40H,18,20-21H2,1-3H3,(H,35,38)(H,36,39,41)/t27-,30-,31-,32-/m1/s1. The number of rotatable bonds is 13. The normalized spacial score (nSPS) is 19.5. The molecule has 5 rings (SSSR count). The highest BCUT2D eigenvalue weighted by Crippen LogP contribution is 2.43. The van der Waals surface area contributed by atoms with Crippen molar-refractivity contribution in [3.63, 3.8) is 0 Å². The maximum atomic E-state index is 12.8. The molecule has 242 valence electrons. The van der Waals surface area contributed by atoms with Crippen molar-refractivity contribution in [3.05, 3.63) is 129 Å². The molecule has 12 heteroatoms. The lowest BCUT2D eigenvalue weighted by molar-refractivity contribution is -0.124. The Balaban J connectivity index is 1.54. The predicted molar refractivity (Wildman–Crippen MR) is 168 cm³/mol. The molecule has 12 nitrogen and oxygen atoms in total. The molecule has 2 heterocycles. The lowest BCUT2D eigenvalue weighted by Gasteiger charge is -2.37. The summed E-state index contributed by atoms with van der Waals surface area (Å²) in [6.07, 6.45) is -3.12. The molecule has 4 aromatic rings. The van der Waals surface area contributed by atoms with Crippen molar-refractivity contribution >= 4 is 5.91 Å². The fourth-order valence-corrected chi connectivity index (χ4v) is 5.58. The molecule has 1 aliphatic heterocycles. The lowest BCUT2D eigenvalue weighted by Crippen LogP contribution is -2.41.